The van der Waals surface area contributed by atoms with Gasteiger partial charge in [0.1, 0.15) is 0 Å². The fourth-order valence-electron chi connectivity index (χ4n) is 2.91. The average Bonchev–Trinajstić information content (AvgIpc) is 2.36. The summed E-state index contributed by atoms with van der Waals surface area (Å²) in [7, 11) is 0. The van der Waals surface area contributed by atoms with Crippen molar-refractivity contribution in [2.45, 2.75) is 25.7 Å². The number of carboxylic acids is 1. The van der Waals surface area contributed by atoms with Crippen molar-refractivity contribution in [1.82, 2.24) is 4.90 Å². The summed E-state index contributed by atoms with van der Waals surface area (Å²) in [5, 5.41) is 9.33. The van der Waals surface area contributed by atoms with Gasteiger partial charge in [-0.3, -0.25) is 19.3 Å². The van der Waals surface area contributed by atoms with Crippen LogP contribution in [0.15, 0.2) is 24.3 Å². The van der Waals surface area contributed by atoms with Crippen LogP contribution >= 0.6 is 0 Å². The fraction of sp³-hybridized carbons (Fsp3) is 0.400. The van der Waals surface area contributed by atoms with Crippen molar-refractivity contribution < 1.29 is 19.5 Å². The van der Waals surface area contributed by atoms with Crippen molar-refractivity contribution >= 4 is 17.8 Å². The standard InChI is InChI=1S/C15H15NO4/c17-12-8-10-4-1-2-5-11(10)13(18)16(12)9-15(14(19)20)6-3-7-15/h1-2,4-5H,3,6-9H2,(H,19,20). The SMILES string of the molecule is O=C1Cc2ccccc2C(=O)N1CC1(C(=O)O)CCC1. The van der Waals surface area contributed by atoms with Crippen LogP contribution in [0.1, 0.15) is 35.2 Å². The van der Waals surface area contributed by atoms with E-state index in [-0.39, 0.29) is 24.8 Å². The summed E-state index contributed by atoms with van der Waals surface area (Å²) in [5.74, 6) is -1.59. The Morgan fingerprint density at radius 3 is 2.55 bits per heavy atom. The molecule has 1 aliphatic heterocycles. The van der Waals surface area contributed by atoms with Crippen molar-refractivity contribution in [2.75, 3.05) is 6.54 Å². The molecule has 1 fully saturated rings. The maximum atomic E-state index is 12.4. The average molecular weight is 273 g/mol. The quantitative estimate of drug-likeness (QED) is 0.846. The minimum absolute atomic E-state index is 0.00562. The molecule has 0 aromatic heterocycles. The Hall–Kier alpha value is -2.17. The number of carbonyl (C=O) groups excluding carboxylic acids is 2. The van der Waals surface area contributed by atoms with Crippen LogP contribution in [0.25, 0.3) is 0 Å². The summed E-state index contributed by atoms with van der Waals surface area (Å²) in [5.41, 5.74) is 0.293. The first-order valence-electron chi connectivity index (χ1n) is 6.69. The number of benzene rings is 1. The van der Waals surface area contributed by atoms with Gasteiger partial charge >= 0.3 is 5.97 Å². The molecule has 5 heteroatoms. The van der Waals surface area contributed by atoms with E-state index in [1.165, 1.54) is 0 Å². The molecule has 0 radical (unpaired) electrons. The summed E-state index contributed by atoms with van der Waals surface area (Å²) in [6, 6.07) is 6.99. The normalized spacial score (nSPS) is 20.3. The zero-order valence-corrected chi connectivity index (χ0v) is 11.0. The summed E-state index contributed by atoms with van der Waals surface area (Å²) in [6.45, 7) is -0.00562. The predicted molar refractivity (Wildman–Crippen MR) is 70.1 cm³/mol. The number of imide groups is 1. The lowest BCUT2D eigenvalue weighted by molar-refractivity contribution is -0.156. The molecule has 0 saturated heterocycles. The van der Waals surface area contributed by atoms with E-state index in [4.69, 9.17) is 0 Å². The Morgan fingerprint density at radius 2 is 1.95 bits per heavy atom. The Bertz CT molecular complexity index is 604. The van der Waals surface area contributed by atoms with Gasteiger partial charge in [-0.2, -0.15) is 0 Å². The van der Waals surface area contributed by atoms with E-state index in [9.17, 15) is 19.5 Å². The first-order chi connectivity index (χ1) is 9.53. The highest BCUT2D eigenvalue weighted by atomic mass is 16.4. The van der Waals surface area contributed by atoms with E-state index in [1.54, 1.807) is 24.3 Å². The van der Waals surface area contributed by atoms with E-state index in [0.29, 0.717) is 18.4 Å². The van der Waals surface area contributed by atoms with Crippen LogP contribution in [0.3, 0.4) is 0 Å². The second kappa shape index (κ2) is 4.44. The number of fused-ring (bicyclic) bond motifs is 1. The van der Waals surface area contributed by atoms with Crippen LogP contribution < -0.4 is 0 Å². The molecule has 0 spiro atoms. The van der Waals surface area contributed by atoms with Crippen molar-refractivity contribution in [3.8, 4) is 0 Å². The molecule has 1 N–H and O–H groups in total. The van der Waals surface area contributed by atoms with Gasteiger partial charge in [0.25, 0.3) is 5.91 Å². The molecule has 1 heterocycles. The number of carbonyl (C=O) groups is 3. The number of carboxylic acid groups (broad SMARTS) is 1. The molecule has 104 valence electrons. The summed E-state index contributed by atoms with van der Waals surface area (Å²) < 4.78 is 0. The monoisotopic (exact) mass is 273 g/mol. The third kappa shape index (κ3) is 1.81. The Morgan fingerprint density at radius 1 is 1.25 bits per heavy atom. The molecule has 0 bridgehead atoms. The summed E-state index contributed by atoms with van der Waals surface area (Å²) in [4.78, 5) is 37.0. The van der Waals surface area contributed by atoms with Crippen LogP contribution in [-0.4, -0.2) is 34.3 Å². The van der Waals surface area contributed by atoms with Gasteiger partial charge in [0, 0.05) is 12.1 Å². The Balaban J connectivity index is 1.90. The van der Waals surface area contributed by atoms with Crippen LogP contribution in [0.2, 0.25) is 0 Å². The van der Waals surface area contributed by atoms with E-state index >= 15 is 0 Å². The van der Waals surface area contributed by atoms with E-state index in [0.717, 1.165) is 16.9 Å². The molecule has 0 unspecified atom stereocenters. The minimum Gasteiger partial charge on any atom is -0.481 e. The Labute approximate surface area is 116 Å². The molecule has 0 atom stereocenters. The van der Waals surface area contributed by atoms with Crippen LogP contribution in [0, 0.1) is 5.41 Å². The molecular weight excluding hydrogens is 258 g/mol. The molecule has 5 nitrogen and oxygen atoms in total. The lowest BCUT2D eigenvalue weighted by atomic mass is 9.68. The van der Waals surface area contributed by atoms with E-state index in [1.807, 2.05) is 0 Å². The molecule has 2 aliphatic rings. The highest BCUT2D eigenvalue weighted by Crippen LogP contribution is 2.42. The number of aliphatic carboxylic acids is 1. The highest BCUT2D eigenvalue weighted by Gasteiger charge is 2.48. The molecule has 3 rings (SSSR count). The number of rotatable bonds is 3. The van der Waals surface area contributed by atoms with E-state index in [2.05, 4.69) is 0 Å². The summed E-state index contributed by atoms with van der Waals surface area (Å²) >= 11 is 0. The third-order valence-electron chi connectivity index (χ3n) is 4.36. The lowest BCUT2D eigenvalue weighted by Crippen LogP contribution is -2.53. The van der Waals surface area contributed by atoms with Crippen LogP contribution in [0.4, 0.5) is 0 Å². The van der Waals surface area contributed by atoms with Gasteiger partial charge in [-0.25, -0.2) is 0 Å². The molecule has 1 saturated carbocycles. The second-order valence-electron chi connectivity index (χ2n) is 5.56. The van der Waals surface area contributed by atoms with Crippen molar-refractivity contribution in [1.29, 1.82) is 0 Å². The topological polar surface area (TPSA) is 74.7 Å². The smallest absolute Gasteiger partial charge is 0.311 e. The van der Waals surface area contributed by atoms with Crippen molar-refractivity contribution in [3.05, 3.63) is 35.4 Å². The first-order valence-corrected chi connectivity index (χ1v) is 6.69. The van der Waals surface area contributed by atoms with Crippen molar-refractivity contribution in [3.63, 3.8) is 0 Å². The molecule has 20 heavy (non-hydrogen) atoms. The minimum atomic E-state index is -0.933. The third-order valence-corrected chi connectivity index (χ3v) is 4.36. The van der Waals surface area contributed by atoms with Gasteiger partial charge in [0.05, 0.1) is 11.8 Å². The lowest BCUT2D eigenvalue weighted by Gasteiger charge is -2.41. The molecule has 1 aliphatic carbocycles. The zero-order valence-electron chi connectivity index (χ0n) is 11.0. The number of hydrogen-bond acceptors (Lipinski definition) is 3. The van der Waals surface area contributed by atoms with Crippen LogP contribution in [-0.2, 0) is 16.0 Å². The van der Waals surface area contributed by atoms with Gasteiger partial charge < -0.3 is 5.11 Å². The predicted octanol–water partition coefficient (Wildman–Crippen LogP) is 1.47. The van der Waals surface area contributed by atoms with Crippen molar-refractivity contribution in [2.24, 2.45) is 5.41 Å². The zero-order chi connectivity index (χ0) is 14.3. The largest absolute Gasteiger partial charge is 0.481 e. The van der Waals surface area contributed by atoms with E-state index < -0.39 is 11.4 Å². The molecular formula is C15H15NO4. The van der Waals surface area contributed by atoms with Gasteiger partial charge in [0.2, 0.25) is 5.91 Å². The fourth-order valence-corrected chi connectivity index (χ4v) is 2.91. The number of hydrogen-bond donors (Lipinski definition) is 1. The molecule has 2 amide bonds. The maximum Gasteiger partial charge on any atom is 0.311 e. The maximum absolute atomic E-state index is 12.4. The number of amides is 2. The molecule has 1 aromatic carbocycles. The first kappa shape index (κ1) is 12.8. The Kier molecular flexibility index (Phi) is 2.85. The van der Waals surface area contributed by atoms with Gasteiger partial charge in [-0.05, 0) is 24.5 Å². The summed E-state index contributed by atoms with van der Waals surface area (Å²) in [6.07, 6.45) is 2.05. The van der Waals surface area contributed by atoms with Gasteiger partial charge in [-0.1, -0.05) is 24.6 Å². The second-order valence-corrected chi connectivity index (χ2v) is 5.56. The van der Waals surface area contributed by atoms with Crippen LogP contribution in [0.5, 0.6) is 0 Å². The van der Waals surface area contributed by atoms with Gasteiger partial charge in [0.15, 0.2) is 0 Å². The highest BCUT2D eigenvalue weighted by molar-refractivity contribution is 6.10. The molecule has 1 aromatic rings. The number of nitrogens with zero attached hydrogens (tertiary/aromatic N) is 1. The van der Waals surface area contributed by atoms with Gasteiger partial charge in [-0.15, -0.1) is 0 Å².